The van der Waals surface area contributed by atoms with Gasteiger partial charge in [-0.05, 0) is 6.42 Å². The van der Waals surface area contributed by atoms with Crippen molar-refractivity contribution in [1.29, 1.82) is 0 Å². The highest BCUT2D eigenvalue weighted by Gasteiger charge is 2.11. The molecule has 0 aromatic heterocycles. The topological polar surface area (TPSA) is 23.5 Å². The summed E-state index contributed by atoms with van der Waals surface area (Å²) >= 11 is 0. The van der Waals surface area contributed by atoms with E-state index in [2.05, 4.69) is 6.08 Å². The Kier molecular flexibility index (Phi) is 3.52. The minimum atomic E-state index is -1.08. The summed E-state index contributed by atoms with van der Waals surface area (Å²) in [6.07, 6.45) is 4.05. The van der Waals surface area contributed by atoms with Crippen molar-refractivity contribution in [2.75, 3.05) is 26.2 Å². The quantitative estimate of drug-likeness (QED) is 0.609. The smallest absolute Gasteiger partial charge is 0.136 e. The fourth-order valence-electron chi connectivity index (χ4n) is 1.19. The van der Waals surface area contributed by atoms with Crippen molar-refractivity contribution in [1.82, 2.24) is 4.90 Å². The largest absolute Gasteiger partial charge is 0.393 e. The minimum absolute atomic E-state index is 0.361. The van der Waals surface area contributed by atoms with Gasteiger partial charge in [0.2, 0.25) is 0 Å². The molecule has 64 valence electrons. The summed E-state index contributed by atoms with van der Waals surface area (Å²) in [5.74, 6) is 0. The molecular formula is C8H14FNO. The first-order chi connectivity index (χ1) is 5.33. The minimum Gasteiger partial charge on any atom is -0.393 e. The summed E-state index contributed by atoms with van der Waals surface area (Å²) in [6.45, 7) is 1.73. The van der Waals surface area contributed by atoms with Gasteiger partial charge in [-0.1, -0.05) is 12.2 Å². The van der Waals surface area contributed by atoms with Crippen molar-refractivity contribution in [2.24, 2.45) is 0 Å². The summed E-state index contributed by atoms with van der Waals surface area (Å²) in [5, 5.41) is 8.45. The molecule has 0 saturated heterocycles. The molecule has 0 bridgehead atoms. The van der Waals surface area contributed by atoms with E-state index in [1.807, 2.05) is 11.0 Å². The summed E-state index contributed by atoms with van der Waals surface area (Å²) < 4.78 is 12.6. The third-order valence-corrected chi connectivity index (χ3v) is 1.80. The Morgan fingerprint density at radius 1 is 1.55 bits per heavy atom. The lowest BCUT2D eigenvalue weighted by molar-refractivity contribution is 0.131. The van der Waals surface area contributed by atoms with Gasteiger partial charge in [-0.3, -0.25) is 4.90 Å². The zero-order valence-electron chi connectivity index (χ0n) is 6.54. The first-order valence-electron chi connectivity index (χ1n) is 3.95. The third-order valence-electron chi connectivity index (χ3n) is 1.80. The van der Waals surface area contributed by atoms with E-state index in [1.54, 1.807) is 0 Å². The Balaban J connectivity index is 2.20. The van der Waals surface area contributed by atoms with Gasteiger partial charge in [0.05, 0.1) is 6.61 Å². The number of halogens is 1. The predicted octanol–water partition coefficient (Wildman–Crippen LogP) is 0.579. The first-order valence-corrected chi connectivity index (χ1v) is 3.95. The van der Waals surface area contributed by atoms with Crippen LogP contribution in [0.1, 0.15) is 6.42 Å². The van der Waals surface area contributed by atoms with E-state index in [9.17, 15) is 4.39 Å². The van der Waals surface area contributed by atoms with Crippen LogP contribution in [-0.4, -0.2) is 42.4 Å². The number of aliphatic hydroxyl groups is 1. The number of hydrogen-bond donors (Lipinski definition) is 1. The standard InChI is InChI=1S/C8H14FNO/c9-8(7-11)6-10-4-2-1-3-5-10/h1-2,8,11H,3-7H2/t8-/m1/s1. The van der Waals surface area contributed by atoms with Crippen LogP contribution >= 0.6 is 0 Å². The highest BCUT2D eigenvalue weighted by Crippen LogP contribution is 2.03. The Hall–Kier alpha value is -0.410. The maximum absolute atomic E-state index is 12.6. The number of hydrogen-bond acceptors (Lipinski definition) is 2. The summed E-state index contributed by atoms with van der Waals surface area (Å²) in [6, 6.07) is 0. The van der Waals surface area contributed by atoms with Gasteiger partial charge in [0.15, 0.2) is 0 Å². The molecule has 1 N–H and O–H groups in total. The molecule has 2 nitrogen and oxygen atoms in total. The summed E-state index contributed by atoms with van der Waals surface area (Å²) in [5.41, 5.74) is 0. The van der Waals surface area contributed by atoms with Gasteiger partial charge in [-0.2, -0.15) is 0 Å². The molecule has 1 rings (SSSR count). The van der Waals surface area contributed by atoms with E-state index < -0.39 is 6.17 Å². The number of alkyl halides is 1. The van der Waals surface area contributed by atoms with E-state index in [1.165, 1.54) is 0 Å². The molecule has 0 fully saturated rings. The van der Waals surface area contributed by atoms with Crippen LogP contribution in [0.15, 0.2) is 12.2 Å². The van der Waals surface area contributed by atoms with Crippen molar-refractivity contribution < 1.29 is 9.50 Å². The summed E-state index contributed by atoms with van der Waals surface area (Å²) in [4.78, 5) is 2.00. The Morgan fingerprint density at radius 3 is 2.91 bits per heavy atom. The van der Waals surface area contributed by atoms with Crippen LogP contribution in [0.3, 0.4) is 0 Å². The zero-order valence-corrected chi connectivity index (χ0v) is 6.54. The molecule has 0 radical (unpaired) electrons. The van der Waals surface area contributed by atoms with Gasteiger partial charge in [-0.25, -0.2) is 4.39 Å². The van der Waals surface area contributed by atoms with Gasteiger partial charge < -0.3 is 5.11 Å². The number of nitrogens with zero attached hydrogens (tertiary/aromatic N) is 1. The molecule has 1 aliphatic rings. The fraction of sp³-hybridized carbons (Fsp3) is 0.750. The van der Waals surface area contributed by atoms with Crippen molar-refractivity contribution >= 4 is 0 Å². The maximum atomic E-state index is 12.6. The molecule has 1 aliphatic heterocycles. The zero-order chi connectivity index (χ0) is 8.10. The van der Waals surface area contributed by atoms with Gasteiger partial charge in [0.1, 0.15) is 6.17 Å². The van der Waals surface area contributed by atoms with Crippen LogP contribution in [0.5, 0.6) is 0 Å². The van der Waals surface area contributed by atoms with Crippen LogP contribution in [0, 0.1) is 0 Å². The van der Waals surface area contributed by atoms with Crippen LogP contribution in [0.4, 0.5) is 4.39 Å². The molecule has 0 aromatic rings. The van der Waals surface area contributed by atoms with E-state index in [-0.39, 0.29) is 6.61 Å². The molecule has 1 atom stereocenters. The summed E-state index contributed by atoms with van der Waals surface area (Å²) in [7, 11) is 0. The normalized spacial score (nSPS) is 22.0. The van der Waals surface area contributed by atoms with E-state index in [4.69, 9.17) is 5.11 Å². The molecule has 1 heterocycles. The molecule has 0 saturated carbocycles. The highest BCUT2D eigenvalue weighted by molar-refractivity contribution is 4.91. The monoisotopic (exact) mass is 159 g/mol. The van der Waals surface area contributed by atoms with Crippen LogP contribution < -0.4 is 0 Å². The molecule has 0 unspecified atom stereocenters. The van der Waals surface area contributed by atoms with Crippen LogP contribution in [0.25, 0.3) is 0 Å². The molecular weight excluding hydrogens is 145 g/mol. The Morgan fingerprint density at radius 2 is 2.36 bits per heavy atom. The molecule has 0 amide bonds. The van der Waals surface area contributed by atoms with Gasteiger partial charge in [0, 0.05) is 19.6 Å². The lowest BCUT2D eigenvalue weighted by atomic mass is 10.2. The van der Waals surface area contributed by atoms with Crippen molar-refractivity contribution in [3.05, 3.63) is 12.2 Å². The maximum Gasteiger partial charge on any atom is 0.136 e. The van der Waals surface area contributed by atoms with Gasteiger partial charge in [-0.15, -0.1) is 0 Å². The SMILES string of the molecule is OC[C@H](F)CN1CC=CCC1. The molecule has 11 heavy (non-hydrogen) atoms. The van der Waals surface area contributed by atoms with Crippen LogP contribution in [0.2, 0.25) is 0 Å². The van der Waals surface area contributed by atoms with Crippen molar-refractivity contribution in [2.45, 2.75) is 12.6 Å². The second kappa shape index (κ2) is 4.46. The molecule has 3 heteroatoms. The second-order valence-electron chi connectivity index (χ2n) is 2.80. The number of rotatable bonds is 3. The average molecular weight is 159 g/mol. The molecule has 0 aromatic carbocycles. The first kappa shape index (κ1) is 8.68. The van der Waals surface area contributed by atoms with E-state index in [0.717, 1.165) is 19.5 Å². The van der Waals surface area contributed by atoms with Crippen molar-refractivity contribution in [3.8, 4) is 0 Å². The number of aliphatic hydroxyl groups excluding tert-OH is 1. The van der Waals surface area contributed by atoms with E-state index in [0.29, 0.717) is 6.54 Å². The average Bonchev–Trinajstić information content (AvgIpc) is 2.06. The van der Waals surface area contributed by atoms with E-state index >= 15 is 0 Å². The molecule has 0 spiro atoms. The lowest BCUT2D eigenvalue weighted by Crippen LogP contribution is -2.34. The highest BCUT2D eigenvalue weighted by atomic mass is 19.1. The predicted molar refractivity (Wildman–Crippen MR) is 42.2 cm³/mol. The lowest BCUT2D eigenvalue weighted by Gasteiger charge is -2.23. The fourth-order valence-corrected chi connectivity index (χ4v) is 1.19. The Bertz CT molecular complexity index is 138. The van der Waals surface area contributed by atoms with Crippen molar-refractivity contribution in [3.63, 3.8) is 0 Å². The van der Waals surface area contributed by atoms with Gasteiger partial charge in [0.25, 0.3) is 0 Å². The molecule has 0 aliphatic carbocycles. The van der Waals surface area contributed by atoms with Crippen LogP contribution in [-0.2, 0) is 0 Å². The Labute approximate surface area is 66.3 Å². The third kappa shape index (κ3) is 2.99. The van der Waals surface area contributed by atoms with Gasteiger partial charge >= 0.3 is 0 Å². The second-order valence-corrected chi connectivity index (χ2v) is 2.80.